The number of likely N-dealkylation sites (tertiary alicyclic amines) is 1. The number of esters is 1. The fourth-order valence-electron chi connectivity index (χ4n) is 3.77. The van der Waals surface area contributed by atoms with Crippen LogP contribution in [0.25, 0.3) is 0 Å². The predicted octanol–water partition coefficient (Wildman–Crippen LogP) is 1.78. The molecule has 2 rings (SSSR count). The SMILES string of the molecule is CCC1CCCCN1C(=O)COC(=O)CNC(=O)c1ccc(S(=O)(=O)N(CC)CC)cc1. The van der Waals surface area contributed by atoms with Gasteiger partial charge in [0, 0.05) is 31.2 Å². The molecule has 1 saturated heterocycles. The van der Waals surface area contributed by atoms with Crippen LogP contribution in [0.2, 0.25) is 0 Å². The maximum Gasteiger partial charge on any atom is 0.325 e. The van der Waals surface area contributed by atoms with Gasteiger partial charge >= 0.3 is 5.97 Å². The fraction of sp³-hybridized carbons (Fsp3) is 0.591. The molecule has 1 aromatic rings. The van der Waals surface area contributed by atoms with Crippen LogP contribution in [0.4, 0.5) is 0 Å². The molecule has 0 spiro atoms. The Balaban J connectivity index is 1.84. The average molecular weight is 468 g/mol. The van der Waals surface area contributed by atoms with Crippen LogP contribution in [0.1, 0.15) is 56.8 Å². The summed E-state index contributed by atoms with van der Waals surface area (Å²) in [7, 11) is -3.61. The zero-order valence-electron chi connectivity index (χ0n) is 19.0. The Bertz CT molecular complexity index is 897. The average Bonchev–Trinajstić information content (AvgIpc) is 2.81. The van der Waals surface area contributed by atoms with E-state index in [1.807, 2.05) is 6.92 Å². The zero-order valence-corrected chi connectivity index (χ0v) is 19.8. The first-order valence-electron chi connectivity index (χ1n) is 11.1. The zero-order chi connectivity index (χ0) is 23.7. The van der Waals surface area contributed by atoms with Crippen LogP contribution in [0, 0.1) is 0 Å². The van der Waals surface area contributed by atoms with E-state index in [9.17, 15) is 22.8 Å². The molecule has 0 saturated carbocycles. The molecular weight excluding hydrogens is 434 g/mol. The van der Waals surface area contributed by atoms with Crippen molar-refractivity contribution in [3.05, 3.63) is 29.8 Å². The number of benzene rings is 1. The number of carbonyl (C=O) groups is 3. The van der Waals surface area contributed by atoms with Gasteiger partial charge in [0.25, 0.3) is 11.8 Å². The first kappa shape index (κ1) is 25.8. The highest BCUT2D eigenvalue weighted by molar-refractivity contribution is 7.89. The standard InChI is InChI=1S/C22H33N3O6S/c1-4-18-9-7-8-14-25(18)20(26)16-31-21(27)15-23-22(28)17-10-12-19(13-11-17)32(29,30)24(5-2)6-3/h10-13,18H,4-9,14-16H2,1-3H3,(H,23,28). The number of ether oxygens (including phenoxy) is 1. The van der Waals surface area contributed by atoms with Crippen molar-refractivity contribution in [1.82, 2.24) is 14.5 Å². The molecule has 0 radical (unpaired) electrons. The maximum absolute atomic E-state index is 12.5. The van der Waals surface area contributed by atoms with E-state index in [1.54, 1.807) is 18.7 Å². The summed E-state index contributed by atoms with van der Waals surface area (Å²) < 4.78 is 31.4. The number of nitrogens with one attached hydrogen (secondary N) is 1. The molecule has 2 amide bonds. The summed E-state index contributed by atoms with van der Waals surface area (Å²) in [6.45, 7) is 6.18. The van der Waals surface area contributed by atoms with Gasteiger partial charge in [0.1, 0.15) is 6.54 Å². The topological polar surface area (TPSA) is 113 Å². The number of hydrogen-bond acceptors (Lipinski definition) is 6. The third-order valence-corrected chi connectivity index (χ3v) is 7.69. The summed E-state index contributed by atoms with van der Waals surface area (Å²) in [5, 5.41) is 2.43. The number of carbonyl (C=O) groups excluding carboxylic acids is 3. The van der Waals surface area contributed by atoms with Crippen LogP contribution in [0.15, 0.2) is 29.2 Å². The summed E-state index contributed by atoms with van der Waals surface area (Å²) in [5.74, 6) is -1.47. The van der Waals surface area contributed by atoms with E-state index in [1.165, 1.54) is 28.6 Å². The molecule has 10 heteroatoms. The molecule has 0 aliphatic carbocycles. The predicted molar refractivity (Wildman–Crippen MR) is 119 cm³/mol. The van der Waals surface area contributed by atoms with Crippen LogP contribution in [-0.4, -0.2) is 74.2 Å². The van der Waals surface area contributed by atoms with Crippen molar-refractivity contribution in [2.24, 2.45) is 0 Å². The second-order valence-electron chi connectivity index (χ2n) is 7.60. The summed E-state index contributed by atoms with van der Waals surface area (Å²) >= 11 is 0. The van der Waals surface area contributed by atoms with Crippen LogP contribution in [0.3, 0.4) is 0 Å². The van der Waals surface area contributed by atoms with Gasteiger partial charge in [-0.05, 0) is 49.9 Å². The van der Waals surface area contributed by atoms with Gasteiger partial charge in [-0.25, -0.2) is 8.42 Å². The van der Waals surface area contributed by atoms with E-state index in [0.29, 0.717) is 19.6 Å². The van der Waals surface area contributed by atoms with Crippen molar-refractivity contribution in [1.29, 1.82) is 0 Å². The lowest BCUT2D eigenvalue weighted by Crippen LogP contribution is -2.45. The van der Waals surface area contributed by atoms with Crippen LogP contribution < -0.4 is 5.32 Å². The minimum Gasteiger partial charge on any atom is -0.454 e. The molecular formula is C22H33N3O6S. The third-order valence-electron chi connectivity index (χ3n) is 5.63. The molecule has 1 heterocycles. The molecule has 1 aliphatic heterocycles. The lowest BCUT2D eigenvalue weighted by Gasteiger charge is -2.35. The smallest absolute Gasteiger partial charge is 0.325 e. The molecule has 178 valence electrons. The summed E-state index contributed by atoms with van der Waals surface area (Å²) in [6, 6.07) is 5.69. The number of sulfonamides is 1. The molecule has 32 heavy (non-hydrogen) atoms. The van der Waals surface area contributed by atoms with Gasteiger partial charge < -0.3 is 15.0 Å². The first-order chi connectivity index (χ1) is 15.2. The third kappa shape index (κ3) is 6.52. The Hall–Kier alpha value is -2.46. The number of nitrogens with zero attached hydrogens (tertiary/aromatic N) is 2. The summed E-state index contributed by atoms with van der Waals surface area (Å²) in [4.78, 5) is 38.4. The van der Waals surface area contributed by atoms with Gasteiger partial charge in [-0.1, -0.05) is 20.8 Å². The Morgan fingerprint density at radius 1 is 1.09 bits per heavy atom. The Morgan fingerprint density at radius 2 is 1.75 bits per heavy atom. The van der Waals surface area contributed by atoms with Crippen molar-refractivity contribution in [3.63, 3.8) is 0 Å². The monoisotopic (exact) mass is 467 g/mol. The maximum atomic E-state index is 12.5. The normalized spacial score (nSPS) is 16.6. The van der Waals surface area contributed by atoms with E-state index in [0.717, 1.165) is 25.7 Å². The number of hydrogen-bond donors (Lipinski definition) is 1. The number of amides is 2. The van der Waals surface area contributed by atoms with Crippen molar-refractivity contribution in [2.45, 2.75) is 57.4 Å². The molecule has 1 aromatic carbocycles. The highest BCUT2D eigenvalue weighted by Crippen LogP contribution is 2.19. The number of rotatable bonds is 10. The molecule has 1 unspecified atom stereocenters. The lowest BCUT2D eigenvalue weighted by atomic mass is 10.00. The van der Waals surface area contributed by atoms with Gasteiger partial charge in [0.2, 0.25) is 10.0 Å². The van der Waals surface area contributed by atoms with Crippen LogP contribution in [0.5, 0.6) is 0 Å². The van der Waals surface area contributed by atoms with Gasteiger partial charge in [0.05, 0.1) is 4.90 Å². The molecule has 1 aliphatic rings. The van der Waals surface area contributed by atoms with Crippen molar-refractivity contribution >= 4 is 27.8 Å². The second-order valence-corrected chi connectivity index (χ2v) is 9.54. The second kappa shape index (κ2) is 12.0. The summed E-state index contributed by atoms with van der Waals surface area (Å²) in [5.41, 5.74) is 0.214. The molecule has 0 bridgehead atoms. The minimum absolute atomic E-state index is 0.0961. The van der Waals surface area contributed by atoms with E-state index in [-0.39, 0.29) is 35.6 Å². The van der Waals surface area contributed by atoms with Gasteiger partial charge in [-0.3, -0.25) is 14.4 Å². The van der Waals surface area contributed by atoms with Crippen LogP contribution >= 0.6 is 0 Å². The van der Waals surface area contributed by atoms with Crippen molar-refractivity contribution < 1.29 is 27.5 Å². The molecule has 1 N–H and O–H groups in total. The summed E-state index contributed by atoms with van der Waals surface area (Å²) in [6.07, 6.45) is 3.86. The molecule has 9 nitrogen and oxygen atoms in total. The molecule has 1 fully saturated rings. The molecule has 0 aromatic heterocycles. The highest BCUT2D eigenvalue weighted by atomic mass is 32.2. The fourth-order valence-corrected chi connectivity index (χ4v) is 5.23. The Labute approximate surface area is 190 Å². The van der Waals surface area contributed by atoms with Gasteiger partial charge in [-0.15, -0.1) is 0 Å². The highest BCUT2D eigenvalue weighted by Gasteiger charge is 2.26. The minimum atomic E-state index is -3.61. The van der Waals surface area contributed by atoms with E-state index in [2.05, 4.69) is 5.32 Å². The van der Waals surface area contributed by atoms with Gasteiger partial charge in [0.15, 0.2) is 6.61 Å². The van der Waals surface area contributed by atoms with E-state index in [4.69, 9.17) is 4.74 Å². The van der Waals surface area contributed by atoms with Crippen molar-refractivity contribution in [3.8, 4) is 0 Å². The quantitative estimate of drug-likeness (QED) is 0.525. The van der Waals surface area contributed by atoms with Crippen molar-refractivity contribution in [2.75, 3.05) is 32.8 Å². The van der Waals surface area contributed by atoms with E-state index >= 15 is 0 Å². The Morgan fingerprint density at radius 3 is 2.34 bits per heavy atom. The van der Waals surface area contributed by atoms with Gasteiger partial charge in [-0.2, -0.15) is 4.31 Å². The largest absolute Gasteiger partial charge is 0.454 e. The first-order valence-corrected chi connectivity index (χ1v) is 12.5. The van der Waals surface area contributed by atoms with Crippen LogP contribution in [-0.2, 0) is 24.3 Å². The Kier molecular flexibility index (Phi) is 9.64. The molecule has 1 atom stereocenters. The van der Waals surface area contributed by atoms with E-state index < -0.39 is 21.9 Å². The lowest BCUT2D eigenvalue weighted by molar-refractivity contribution is -0.152. The number of piperidine rings is 1.